The summed E-state index contributed by atoms with van der Waals surface area (Å²) >= 11 is 5.86. The molecule has 7 heteroatoms. The molecule has 0 aliphatic carbocycles. The predicted octanol–water partition coefficient (Wildman–Crippen LogP) is 4.58. The summed E-state index contributed by atoms with van der Waals surface area (Å²) < 4.78 is 23.5. The number of hydrogen-bond acceptors (Lipinski definition) is 4. The quantitative estimate of drug-likeness (QED) is 0.614. The smallest absolute Gasteiger partial charge is 0.344 e. The highest BCUT2D eigenvalue weighted by Crippen LogP contribution is 2.23. The fourth-order valence-corrected chi connectivity index (χ4v) is 2.72. The normalized spacial score (nSPS) is 11.7. The van der Waals surface area contributed by atoms with E-state index in [1.807, 2.05) is 36.4 Å². The van der Waals surface area contributed by atoms with Crippen molar-refractivity contribution in [3.8, 4) is 5.75 Å². The minimum absolute atomic E-state index is 0.0477. The van der Waals surface area contributed by atoms with E-state index in [1.165, 1.54) is 13.0 Å². The van der Waals surface area contributed by atoms with E-state index < -0.39 is 23.8 Å². The van der Waals surface area contributed by atoms with Gasteiger partial charge in [0.15, 0.2) is 12.7 Å². The van der Waals surface area contributed by atoms with Crippen LogP contribution >= 0.6 is 11.6 Å². The van der Waals surface area contributed by atoms with Crippen molar-refractivity contribution in [3.05, 3.63) is 71.5 Å². The van der Waals surface area contributed by atoms with E-state index in [4.69, 9.17) is 21.1 Å². The number of nitrogens with one attached hydrogen (secondary N) is 1. The minimum atomic E-state index is -1.08. The lowest BCUT2D eigenvalue weighted by Gasteiger charge is -2.14. The van der Waals surface area contributed by atoms with Gasteiger partial charge in [0.2, 0.25) is 0 Å². The van der Waals surface area contributed by atoms with Crippen LogP contribution in [0, 0.1) is 5.82 Å². The maximum atomic E-state index is 13.0. The predicted molar refractivity (Wildman–Crippen MR) is 105 cm³/mol. The van der Waals surface area contributed by atoms with Crippen LogP contribution in [0.5, 0.6) is 5.75 Å². The van der Waals surface area contributed by atoms with E-state index in [0.717, 1.165) is 22.9 Å². The molecule has 1 atom stereocenters. The van der Waals surface area contributed by atoms with Crippen LogP contribution in [-0.2, 0) is 14.3 Å². The van der Waals surface area contributed by atoms with Gasteiger partial charge in [-0.25, -0.2) is 9.18 Å². The van der Waals surface area contributed by atoms with Gasteiger partial charge in [0.1, 0.15) is 11.6 Å². The molecule has 3 aromatic carbocycles. The average Bonchev–Trinajstić information content (AvgIpc) is 2.68. The summed E-state index contributed by atoms with van der Waals surface area (Å²) in [7, 11) is 0. The number of fused-ring (bicyclic) bond motifs is 1. The number of rotatable bonds is 6. The third kappa shape index (κ3) is 4.98. The molecule has 0 unspecified atom stereocenters. The van der Waals surface area contributed by atoms with Crippen molar-refractivity contribution in [1.82, 2.24) is 0 Å². The summed E-state index contributed by atoms with van der Waals surface area (Å²) in [6.07, 6.45) is -1.08. The van der Waals surface area contributed by atoms with E-state index >= 15 is 0 Å². The molecule has 0 aromatic heterocycles. The van der Waals surface area contributed by atoms with Gasteiger partial charge in [-0.3, -0.25) is 4.79 Å². The number of carbonyl (C=O) groups is 2. The monoisotopic (exact) mass is 401 g/mol. The molecule has 1 N–H and O–H groups in total. The van der Waals surface area contributed by atoms with Crippen LogP contribution in [-0.4, -0.2) is 24.6 Å². The first-order chi connectivity index (χ1) is 13.4. The summed E-state index contributed by atoms with van der Waals surface area (Å²) in [4.78, 5) is 24.1. The van der Waals surface area contributed by atoms with Crippen molar-refractivity contribution >= 4 is 39.9 Å². The first-order valence-electron chi connectivity index (χ1n) is 8.49. The number of esters is 1. The molecule has 0 saturated heterocycles. The van der Waals surface area contributed by atoms with Crippen LogP contribution in [0.15, 0.2) is 60.7 Å². The lowest BCUT2D eigenvalue weighted by Crippen LogP contribution is -2.31. The molecule has 0 radical (unpaired) electrons. The first-order valence-corrected chi connectivity index (χ1v) is 8.87. The van der Waals surface area contributed by atoms with Crippen LogP contribution in [0.1, 0.15) is 6.92 Å². The molecule has 3 aromatic rings. The van der Waals surface area contributed by atoms with Crippen molar-refractivity contribution in [2.75, 3.05) is 11.9 Å². The molecule has 28 heavy (non-hydrogen) atoms. The summed E-state index contributed by atoms with van der Waals surface area (Å²) in [6.45, 7) is 1.08. The second kappa shape index (κ2) is 8.71. The van der Waals surface area contributed by atoms with Crippen LogP contribution in [0.4, 0.5) is 10.1 Å². The zero-order chi connectivity index (χ0) is 20.1. The van der Waals surface area contributed by atoms with Gasteiger partial charge < -0.3 is 14.8 Å². The summed E-state index contributed by atoms with van der Waals surface area (Å²) in [6, 6.07) is 16.8. The van der Waals surface area contributed by atoms with Gasteiger partial charge >= 0.3 is 5.97 Å². The standard InChI is InChI=1S/C21H17ClFNO4/c1-13(21(26)24-19-9-7-16(23)11-18(19)22)28-20(25)12-27-17-8-6-14-4-2-3-5-15(14)10-17/h2-11,13H,12H2,1H3,(H,24,26)/t13-/m0/s1. The number of carbonyl (C=O) groups excluding carboxylic acids is 2. The maximum Gasteiger partial charge on any atom is 0.344 e. The van der Waals surface area contributed by atoms with E-state index in [2.05, 4.69) is 5.32 Å². The molecule has 5 nitrogen and oxygen atoms in total. The van der Waals surface area contributed by atoms with Crippen molar-refractivity contribution in [2.24, 2.45) is 0 Å². The second-order valence-corrected chi connectivity index (χ2v) is 6.45. The van der Waals surface area contributed by atoms with Gasteiger partial charge in [0.25, 0.3) is 5.91 Å². The molecule has 0 saturated carbocycles. The maximum absolute atomic E-state index is 13.0. The molecule has 144 valence electrons. The van der Waals surface area contributed by atoms with Crippen molar-refractivity contribution in [3.63, 3.8) is 0 Å². The Labute approximate surface area is 166 Å². The minimum Gasteiger partial charge on any atom is -0.482 e. The van der Waals surface area contributed by atoms with E-state index in [-0.39, 0.29) is 17.3 Å². The summed E-state index contributed by atoms with van der Waals surface area (Å²) in [5, 5.41) is 4.57. The van der Waals surface area contributed by atoms with E-state index in [9.17, 15) is 14.0 Å². The molecule has 0 spiro atoms. The average molecular weight is 402 g/mol. The van der Waals surface area contributed by atoms with E-state index in [1.54, 1.807) is 6.07 Å². The zero-order valence-corrected chi connectivity index (χ0v) is 15.7. The van der Waals surface area contributed by atoms with Gasteiger partial charge in [-0.05, 0) is 48.0 Å². The van der Waals surface area contributed by atoms with Crippen molar-refractivity contribution in [2.45, 2.75) is 13.0 Å². The fourth-order valence-electron chi connectivity index (χ4n) is 2.51. The molecule has 0 aliphatic heterocycles. The Hall–Kier alpha value is -3.12. The largest absolute Gasteiger partial charge is 0.482 e. The second-order valence-electron chi connectivity index (χ2n) is 6.04. The Bertz CT molecular complexity index is 1020. The van der Waals surface area contributed by atoms with Gasteiger partial charge in [0, 0.05) is 0 Å². The SMILES string of the molecule is C[C@H](OC(=O)COc1ccc2ccccc2c1)C(=O)Nc1ccc(F)cc1Cl. The molecule has 0 bridgehead atoms. The highest BCUT2D eigenvalue weighted by Gasteiger charge is 2.19. The molecule has 0 heterocycles. The lowest BCUT2D eigenvalue weighted by atomic mass is 10.1. The highest BCUT2D eigenvalue weighted by molar-refractivity contribution is 6.33. The lowest BCUT2D eigenvalue weighted by molar-refractivity contribution is -0.155. The van der Waals surface area contributed by atoms with E-state index in [0.29, 0.717) is 5.75 Å². The summed E-state index contributed by atoms with van der Waals surface area (Å²) in [5.41, 5.74) is 0.225. The number of anilines is 1. The topological polar surface area (TPSA) is 64.6 Å². The van der Waals surface area contributed by atoms with Crippen molar-refractivity contribution < 1.29 is 23.5 Å². The van der Waals surface area contributed by atoms with Crippen LogP contribution in [0.2, 0.25) is 5.02 Å². The van der Waals surface area contributed by atoms with Gasteiger partial charge in [-0.2, -0.15) is 0 Å². The zero-order valence-electron chi connectivity index (χ0n) is 14.9. The first kappa shape index (κ1) is 19.6. The molecular weight excluding hydrogens is 385 g/mol. The highest BCUT2D eigenvalue weighted by atomic mass is 35.5. The molecule has 0 fully saturated rings. The number of hydrogen-bond donors (Lipinski definition) is 1. The van der Waals surface area contributed by atoms with Crippen LogP contribution < -0.4 is 10.1 Å². The Morgan fingerprint density at radius 2 is 1.82 bits per heavy atom. The number of amides is 1. The third-order valence-electron chi connectivity index (χ3n) is 3.94. The van der Waals surface area contributed by atoms with Crippen molar-refractivity contribution in [1.29, 1.82) is 0 Å². The number of ether oxygens (including phenoxy) is 2. The van der Waals surface area contributed by atoms with Gasteiger partial charge in [-0.15, -0.1) is 0 Å². The van der Waals surface area contributed by atoms with Gasteiger partial charge in [-0.1, -0.05) is 41.9 Å². The summed E-state index contributed by atoms with van der Waals surface area (Å²) in [5.74, 6) is -1.28. The van der Waals surface area contributed by atoms with Gasteiger partial charge in [0.05, 0.1) is 10.7 Å². The molecule has 0 aliphatic rings. The molecule has 3 rings (SSSR count). The fraction of sp³-hybridized carbons (Fsp3) is 0.143. The Morgan fingerprint density at radius 3 is 2.57 bits per heavy atom. The molecular formula is C21H17ClFNO4. The number of benzene rings is 3. The Balaban J connectivity index is 1.52. The van der Waals surface area contributed by atoms with Crippen LogP contribution in [0.25, 0.3) is 10.8 Å². The third-order valence-corrected chi connectivity index (χ3v) is 4.26. The Morgan fingerprint density at radius 1 is 1.07 bits per heavy atom. The number of halogens is 2. The molecule has 1 amide bonds. The van der Waals surface area contributed by atoms with Crippen LogP contribution in [0.3, 0.4) is 0 Å². The Kier molecular flexibility index (Phi) is 6.11.